The molecule has 0 aromatic heterocycles. The molecule has 0 heterocycles. The van der Waals surface area contributed by atoms with Gasteiger partial charge in [-0.3, -0.25) is 0 Å². The van der Waals surface area contributed by atoms with Gasteiger partial charge in [0.25, 0.3) is 0 Å². The van der Waals surface area contributed by atoms with Crippen LogP contribution in [-0.4, -0.2) is 0 Å². The third-order valence-corrected chi connectivity index (χ3v) is 2.95. The van der Waals surface area contributed by atoms with E-state index < -0.39 is 0 Å². The first-order valence-corrected chi connectivity index (χ1v) is 5.12. The summed E-state index contributed by atoms with van der Waals surface area (Å²) in [7, 11) is 0. The zero-order chi connectivity index (χ0) is 9.10. The molecule has 13 heavy (non-hydrogen) atoms. The molecule has 0 amide bonds. The number of benzene rings is 1. The third kappa shape index (κ3) is 1.90. The highest BCUT2D eigenvalue weighted by Crippen LogP contribution is 2.33. The molecule has 0 radical (unpaired) electrons. The van der Waals surface area contributed by atoms with Crippen molar-refractivity contribution in [3.63, 3.8) is 0 Å². The Morgan fingerprint density at radius 2 is 1.69 bits per heavy atom. The number of halogens is 1. The van der Waals surface area contributed by atoms with E-state index in [0.29, 0.717) is 5.92 Å². The monoisotopic (exact) mass is 177 g/mol. The summed E-state index contributed by atoms with van der Waals surface area (Å²) in [4.78, 5) is 0. The average Bonchev–Trinajstić information content (AvgIpc) is 2.20. The van der Waals surface area contributed by atoms with Gasteiger partial charge in [-0.15, -0.1) is 0 Å². The Bertz CT molecular complexity index is 274. The molecule has 1 aliphatic rings. The van der Waals surface area contributed by atoms with Gasteiger partial charge in [-0.2, -0.15) is 0 Å². The molecular formula is C12H15F. The van der Waals surface area contributed by atoms with Crippen LogP contribution in [0.1, 0.15) is 43.6 Å². The molecule has 0 nitrogen and oxygen atoms in total. The quantitative estimate of drug-likeness (QED) is 0.610. The Balaban J connectivity index is 2.18. The summed E-state index contributed by atoms with van der Waals surface area (Å²) in [6.07, 6.45) is 6.19. The maximum atomic E-state index is 13.4. The predicted molar refractivity (Wildman–Crippen MR) is 52.2 cm³/mol. The van der Waals surface area contributed by atoms with Gasteiger partial charge < -0.3 is 0 Å². The van der Waals surface area contributed by atoms with E-state index in [2.05, 4.69) is 0 Å². The van der Waals surface area contributed by atoms with E-state index in [0.717, 1.165) is 5.56 Å². The maximum absolute atomic E-state index is 13.4. The summed E-state index contributed by atoms with van der Waals surface area (Å²) in [5, 5.41) is 0. The lowest BCUT2D eigenvalue weighted by molar-refractivity contribution is 0.430. The lowest BCUT2D eigenvalue weighted by Crippen LogP contribution is -2.06. The minimum atomic E-state index is -0.0191. The first-order chi connectivity index (χ1) is 6.38. The molecule has 70 valence electrons. The minimum Gasteiger partial charge on any atom is -0.207 e. The van der Waals surface area contributed by atoms with Crippen molar-refractivity contribution >= 4 is 0 Å². The van der Waals surface area contributed by atoms with Gasteiger partial charge >= 0.3 is 0 Å². The maximum Gasteiger partial charge on any atom is 0.126 e. The molecule has 0 spiro atoms. The Morgan fingerprint density at radius 3 is 2.38 bits per heavy atom. The molecule has 0 unspecified atom stereocenters. The fourth-order valence-corrected chi connectivity index (χ4v) is 2.22. The Hall–Kier alpha value is -0.850. The molecule has 0 saturated heterocycles. The summed E-state index contributed by atoms with van der Waals surface area (Å²) in [6.45, 7) is 0. The topological polar surface area (TPSA) is 0 Å². The summed E-state index contributed by atoms with van der Waals surface area (Å²) >= 11 is 0. The SMILES string of the molecule is [18F]c1ccccc1C1CCCCC1. The molecule has 1 aromatic carbocycles. The van der Waals surface area contributed by atoms with E-state index in [1.807, 2.05) is 12.1 Å². The lowest BCUT2D eigenvalue weighted by Gasteiger charge is -2.22. The van der Waals surface area contributed by atoms with E-state index in [1.165, 1.54) is 32.1 Å². The molecule has 1 heteroatoms. The first-order valence-electron chi connectivity index (χ1n) is 5.12. The van der Waals surface area contributed by atoms with Crippen molar-refractivity contribution in [3.8, 4) is 0 Å². The van der Waals surface area contributed by atoms with Crippen LogP contribution in [0.15, 0.2) is 24.3 Å². The van der Waals surface area contributed by atoms with Gasteiger partial charge in [-0.1, -0.05) is 37.5 Å². The van der Waals surface area contributed by atoms with E-state index >= 15 is 0 Å². The normalized spacial score (nSPS) is 18.8. The molecule has 1 saturated carbocycles. The van der Waals surface area contributed by atoms with E-state index in [1.54, 1.807) is 12.1 Å². The highest BCUT2D eigenvalue weighted by Gasteiger charge is 2.17. The van der Waals surface area contributed by atoms with Crippen molar-refractivity contribution in [3.05, 3.63) is 35.6 Å². The molecule has 1 fully saturated rings. The zero-order valence-electron chi connectivity index (χ0n) is 7.80. The molecule has 1 aliphatic carbocycles. The Morgan fingerprint density at radius 1 is 1.00 bits per heavy atom. The standard InChI is InChI=1S/C12H15F/c13-12-9-5-4-8-11(12)10-6-2-1-3-7-10/h4-5,8-10H,1-3,6-7H2/i13-1. The number of rotatable bonds is 1. The molecule has 0 aliphatic heterocycles. The van der Waals surface area contributed by atoms with Crippen molar-refractivity contribution < 1.29 is 4.39 Å². The van der Waals surface area contributed by atoms with Crippen molar-refractivity contribution in [2.75, 3.05) is 0 Å². The van der Waals surface area contributed by atoms with Crippen LogP contribution in [0.4, 0.5) is 4.39 Å². The fraction of sp³-hybridized carbons (Fsp3) is 0.500. The van der Waals surface area contributed by atoms with E-state index in [4.69, 9.17) is 0 Å². The van der Waals surface area contributed by atoms with Crippen molar-refractivity contribution in [2.24, 2.45) is 0 Å². The summed E-state index contributed by atoms with van der Waals surface area (Å²) in [6, 6.07) is 7.21. The van der Waals surface area contributed by atoms with Crippen LogP contribution < -0.4 is 0 Å². The van der Waals surface area contributed by atoms with Crippen molar-refractivity contribution in [1.29, 1.82) is 0 Å². The zero-order valence-corrected chi connectivity index (χ0v) is 7.80. The van der Waals surface area contributed by atoms with Gasteiger partial charge in [0.1, 0.15) is 5.82 Å². The Labute approximate surface area is 78.8 Å². The lowest BCUT2D eigenvalue weighted by atomic mass is 9.84. The van der Waals surface area contributed by atoms with Crippen LogP contribution in [0, 0.1) is 5.82 Å². The van der Waals surface area contributed by atoms with Crippen LogP contribution in [0.25, 0.3) is 0 Å². The largest absolute Gasteiger partial charge is 0.207 e. The number of hydrogen-bond acceptors (Lipinski definition) is 0. The summed E-state index contributed by atoms with van der Waals surface area (Å²) in [5.74, 6) is 0.462. The molecule has 1 aromatic rings. The van der Waals surface area contributed by atoms with Crippen molar-refractivity contribution in [1.82, 2.24) is 0 Å². The van der Waals surface area contributed by atoms with Gasteiger partial charge in [0, 0.05) is 0 Å². The van der Waals surface area contributed by atoms with E-state index in [-0.39, 0.29) is 5.82 Å². The second-order valence-electron chi connectivity index (χ2n) is 3.86. The molecule has 0 N–H and O–H groups in total. The summed E-state index contributed by atoms with van der Waals surface area (Å²) < 4.78 is 13.4. The summed E-state index contributed by atoms with van der Waals surface area (Å²) in [5.41, 5.74) is 0.933. The second kappa shape index (κ2) is 3.91. The van der Waals surface area contributed by atoms with Crippen LogP contribution >= 0.6 is 0 Å². The fourth-order valence-electron chi connectivity index (χ4n) is 2.22. The van der Waals surface area contributed by atoms with Gasteiger partial charge in [-0.05, 0) is 30.4 Å². The van der Waals surface area contributed by atoms with Crippen LogP contribution in [0.2, 0.25) is 0 Å². The van der Waals surface area contributed by atoms with Crippen LogP contribution in [0.5, 0.6) is 0 Å². The Kier molecular flexibility index (Phi) is 2.62. The van der Waals surface area contributed by atoms with Gasteiger partial charge in [0.2, 0.25) is 0 Å². The van der Waals surface area contributed by atoms with Gasteiger partial charge in [0.05, 0.1) is 0 Å². The van der Waals surface area contributed by atoms with Crippen LogP contribution in [0.3, 0.4) is 0 Å². The smallest absolute Gasteiger partial charge is 0.126 e. The number of hydrogen-bond donors (Lipinski definition) is 0. The van der Waals surface area contributed by atoms with Crippen molar-refractivity contribution in [2.45, 2.75) is 38.0 Å². The molecular weight excluding hydrogens is 162 g/mol. The van der Waals surface area contributed by atoms with Gasteiger partial charge in [-0.25, -0.2) is 4.39 Å². The third-order valence-electron chi connectivity index (χ3n) is 2.95. The average molecular weight is 177 g/mol. The second-order valence-corrected chi connectivity index (χ2v) is 3.86. The minimum absolute atomic E-state index is 0.0191. The highest BCUT2D eigenvalue weighted by molar-refractivity contribution is 5.21. The predicted octanol–water partition coefficient (Wildman–Crippen LogP) is 3.87. The molecule has 2 rings (SSSR count). The highest BCUT2D eigenvalue weighted by atomic mass is 18.2. The molecule has 0 bridgehead atoms. The van der Waals surface area contributed by atoms with E-state index in [9.17, 15) is 4.39 Å². The first kappa shape index (κ1) is 8.74. The van der Waals surface area contributed by atoms with Crippen LogP contribution in [-0.2, 0) is 0 Å². The van der Waals surface area contributed by atoms with Gasteiger partial charge in [0.15, 0.2) is 0 Å². The molecule has 0 atom stereocenters.